The molecule has 2 N–H and O–H groups in total. The molecule has 0 saturated heterocycles. The van der Waals surface area contributed by atoms with Gasteiger partial charge < -0.3 is 5.11 Å². The Hall–Kier alpha value is 0.552. The Bertz CT molecular complexity index is 87.9. The molecule has 5 heteroatoms. The van der Waals surface area contributed by atoms with Crippen LogP contribution in [-0.2, 0) is 4.57 Å². The van der Waals surface area contributed by atoms with Gasteiger partial charge in [0.15, 0.2) is 23.0 Å². The van der Waals surface area contributed by atoms with Crippen LogP contribution in [0.4, 0.5) is 0 Å². The molecular formula is C4H13AlO3P+. The van der Waals surface area contributed by atoms with Crippen molar-refractivity contribution >= 4 is 25.4 Å². The van der Waals surface area contributed by atoms with Gasteiger partial charge in [-0.1, -0.05) is 0 Å². The van der Waals surface area contributed by atoms with E-state index in [0.29, 0.717) is 6.42 Å². The molecule has 54 valence electrons. The van der Waals surface area contributed by atoms with Gasteiger partial charge in [-0.05, 0) is 11.5 Å². The Labute approximate surface area is 66.1 Å². The lowest BCUT2D eigenvalue weighted by Gasteiger charge is -1.89. The largest absolute Gasteiger partial charge is 0.508 e. The third kappa shape index (κ3) is 6.44. The zero-order valence-electron chi connectivity index (χ0n) is 4.74. The van der Waals surface area contributed by atoms with E-state index >= 15 is 0 Å². The first-order chi connectivity index (χ1) is 3.68. The maximum absolute atomic E-state index is 10.1. The van der Waals surface area contributed by atoms with Gasteiger partial charge in [0.1, 0.15) is 0 Å². The molecule has 0 aromatic heterocycles. The first kappa shape index (κ1) is 12.2. The molecule has 0 aliphatic rings. The highest BCUT2D eigenvalue weighted by Gasteiger charge is 2.21. The molecule has 0 amide bonds. The zero-order chi connectivity index (χ0) is 6.57. The minimum Gasteiger partial charge on any atom is -0.396 e. The molecule has 0 spiro atoms. The van der Waals surface area contributed by atoms with Crippen molar-refractivity contribution in [3.63, 3.8) is 0 Å². The van der Waals surface area contributed by atoms with Crippen LogP contribution in [0.2, 0.25) is 0 Å². The van der Waals surface area contributed by atoms with Gasteiger partial charge >= 0.3 is 8.03 Å². The highest BCUT2D eigenvalue weighted by atomic mass is 31.1. The molecule has 0 fully saturated rings. The molecule has 9 heavy (non-hydrogen) atoms. The maximum atomic E-state index is 10.1. The molecule has 0 heterocycles. The Kier molecular flexibility index (Phi) is 9.08. The molecule has 0 aliphatic carbocycles. The second-order valence-electron chi connectivity index (χ2n) is 1.66. The van der Waals surface area contributed by atoms with Crippen molar-refractivity contribution in [3.05, 3.63) is 0 Å². The third-order valence-corrected chi connectivity index (χ3v) is 1.94. The van der Waals surface area contributed by atoms with E-state index in [4.69, 9.17) is 10.00 Å². The fourth-order valence-corrected chi connectivity index (χ4v) is 0.634. The van der Waals surface area contributed by atoms with Crippen LogP contribution in [0.3, 0.4) is 0 Å². The average molecular weight is 167 g/mol. The first-order valence-electron chi connectivity index (χ1n) is 2.44. The molecule has 0 aromatic carbocycles. The van der Waals surface area contributed by atoms with Gasteiger partial charge in [-0.2, -0.15) is 4.89 Å². The van der Waals surface area contributed by atoms with Crippen LogP contribution in [0.15, 0.2) is 0 Å². The molecule has 0 aliphatic heterocycles. The summed E-state index contributed by atoms with van der Waals surface area (Å²) in [6.07, 6.45) is 0.408. The van der Waals surface area contributed by atoms with Crippen molar-refractivity contribution in [1.82, 2.24) is 0 Å². The van der Waals surface area contributed by atoms with Crippen LogP contribution >= 0.6 is 8.03 Å². The van der Waals surface area contributed by atoms with Crippen LogP contribution < -0.4 is 0 Å². The molecule has 0 bridgehead atoms. The highest BCUT2D eigenvalue weighted by Crippen LogP contribution is 2.23. The van der Waals surface area contributed by atoms with E-state index in [2.05, 4.69) is 0 Å². The van der Waals surface area contributed by atoms with Crippen LogP contribution in [0, 0.1) is 0 Å². The van der Waals surface area contributed by atoms with E-state index in [-0.39, 0.29) is 29.6 Å². The molecule has 2 unspecified atom stereocenters. The lowest BCUT2D eigenvalue weighted by molar-refractivity contribution is 0.285. The number of aliphatic hydroxyl groups excluding tert-OH is 1. The molecule has 0 aromatic rings. The zero-order valence-corrected chi connectivity index (χ0v) is 5.64. The van der Waals surface area contributed by atoms with Gasteiger partial charge in [-0.15, -0.1) is 0 Å². The summed E-state index contributed by atoms with van der Waals surface area (Å²) in [7, 11) is -2.08. The van der Waals surface area contributed by atoms with Gasteiger partial charge in [0.05, 0.1) is 0 Å². The first-order valence-corrected chi connectivity index (χ1v) is 3.72. The van der Waals surface area contributed by atoms with E-state index in [0.717, 1.165) is 0 Å². The number of rotatable bonds is 3. The Morgan fingerprint density at radius 1 is 1.67 bits per heavy atom. The fraction of sp³-hybridized carbons (Fsp3) is 1.00. The number of hydrogen-bond donors (Lipinski definition) is 2. The van der Waals surface area contributed by atoms with Crippen molar-refractivity contribution < 1.29 is 14.6 Å². The molecule has 2 atom stereocenters. The van der Waals surface area contributed by atoms with Crippen LogP contribution in [0.5, 0.6) is 0 Å². The summed E-state index contributed by atoms with van der Waals surface area (Å²) in [5, 5.41) is 8.25. The van der Waals surface area contributed by atoms with E-state index in [1.165, 1.54) is 0 Å². The average Bonchev–Trinajstić information content (AvgIpc) is 1.67. The van der Waals surface area contributed by atoms with E-state index in [1.807, 2.05) is 0 Å². The molecule has 0 radical (unpaired) electrons. The molecule has 3 nitrogen and oxygen atoms in total. The number of aliphatic hydroxyl groups is 1. The summed E-state index contributed by atoms with van der Waals surface area (Å²) in [5.74, 6) is 0. The van der Waals surface area contributed by atoms with Crippen molar-refractivity contribution in [3.8, 4) is 0 Å². The summed E-state index contributed by atoms with van der Waals surface area (Å²) in [6, 6.07) is 0. The summed E-state index contributed by atoms with van der Waals surface area (Å²) in [6.45, 7) is 1.62. The van der Waals surface area contributed by atoms with Gasteiger partial charge in [0.25, 0.3) is 0 Å². The second kappa shape index (κ2) is 6.67. The third-order valence-electron chi connectivity index (χ3n) is 0.924. The van der Waals surface area contributed by atoms with E-state index in [9.17, 15) is 4.57 Å². The fourth-order valence-electron chi connectivity index (χ4n) is 0.297. The van der Waals surface area contributed by atoms with E-state index in [1.54, 1.807) is 6.92 Å². The SMILES string of the molecule is CC(CCO)[P+](=O)O.[AlH3]. The quantitative estimate of drug-likeness (QED) is 0.432. The summed E-state index contributed by atoms with van der Waals surface area (Å²) in [5.41, 5.74) is -0.269. The highest BCUT2D eigenvalue weighted by molar-refractivity contribution is 7.38. The number of hydrogen-bond acceptors (Lipinski definition) is 2. The minimum atomic E-state index is -2.08. The van der Waals surface area contributed by atoms with Gasteiger partial charge in [-0.25, -0.2) is 0 Å². The second-order valence-corrected chi connectivity index (χ2v) is 3.15. The lowest BCUT2D eigenvalue weighted by Crippen LogP contribution is -1.97. The van der Waals surface area contributed by atoms with Crippen molar-refractivity contribution in [2.24, 2.45) is 0 Å². The van der Waals surface area contributed by atoms with Crippen molar-refractivity contribution in [2.75, 3.05) is 6.61 Å². The smallest absolute Gasteiger partial charge is 0.396 e. The molecule has 0 saturated carbocycles. The van der Waals surface area contributed by atoms with Crippen LogP contribution in [-0.4, -0.2) is 39.6 Å². The van der Waals surface area contributed by atoms with Gasteiger partial charge in [0.2, 0.25) is 0 Å². The monoisotopic (exact) mass is 167 g/mol. The Morgan fingerprint density at radius 2 is 2.11 bits per heavy atom. The molecule has 0 rings (SSSR count). The van der Waals surface area contributed by atoms with Crippen LogP contribution in [0.1, 0.15) is 13.3 Å². The summed E-state index contributed by atoms with van der Waals surface area (Å²) < 4.78 is 10.1. The predicted octanol–water partition coefficient (Wildman–Crippen LogP) is -0.692. The van der Waals surface area contributed by atoms with Gasteiger partial charge in [-0.3, -0.25) is 0 Å². The van der Waals surface area contributed by atoms with Crippen molar-refractivity contribution in [2.45, 2.75) is 19.0 Å². The normalized spacial score (nSPS) is 13.9. The molecular weight excluding hydrogens is 154 g/mol. The van der Waals surface area contributed by atoms with E-state index < -0.39 is 8.03 Å². The minimum absolute atomic E-state index is 0. The van der Waals surface area contributed by atoms with Crippen LogP contribution in [0.25, 0.3) is 0 Å². The summed E-state index contributed by atoms with van der Waals surface area (Å²) in [4.78, 5) is 8.35. The summed E-state index contributed by atoms with van der Waals surface area (Å²) >= 11 is 0. The van der Waals surface area contributed by atoms with Crippen molar-refractivity contribution in [1.29, 1.82) is 0 Å². The van der Waals surface area contributed by atoms with Gasteiger partial charge in [0, 0.05) is 13.0 Å². The Balaban J connectivity index is 0. The Morgan fingerprint density at radius 3 is 2.22 bits per heavy atom. The predicted molar refractivity (Wildman–Crippen MR) is 40.9 cm³/mol. The maximum Gasteiger partial charge on any atom is 0.508 e. The topological polar surface area (TPSA) is 57.5 Å². The standard InChI is InChI=1S/C4H9O3P.Al.3H/c1-4(2-3-5)8(6)7;;;;/h4-5H,2-3H2,1H3;;;;/p+1. The lowest BCUT2D eigenvalue weighted by atomic mass is 10.3.